The second kappa shape index (κ2) is 6.63. The van der Waals surface area contributed by atoms with Gasteiger partial charge in [-0.25, -0.2) is 9.97 Å². The van der Waals surface area contributed by atoms with Gasteiger partial charge in [0.2, 0.25) is 0 Å². The van der Waals surface area contributed by atoms with E-state index in [4.69, 9.17) is 15.1 Å². The molecule has 4 aromatic heterocycles. The Morgan fingerprint density at radius 3 is 2.67 bits per heavy atom. The van der Waals surface area contributed by atoms with Crippen molar-refractivity contribution in [1.82, 2.24) is 19.9 Å². The first-order chi connectivity index (χ1) is 14.5. The number of rotatable bonds is 3. The van der Waals surface area contributed by atoms with Gasteiger partial charge in [-0.1, -0.05) is 12.1 Å². The summed E-state index contributed by atoms with van der Waals surface area (Å²) in [4.78, 5) is 40.0. The van der Waals surface area contributed by atoms with Crippen molar-refractivity contribution < 1.29 is 9.21 Å². The molecule has 1 aromatic carbocycles. The van der Waals surface area contributed by atoms with Crippen molar-refractivity contribution in [2.24, 2.45) is 5.73 Å². The highest BCUT2D eigenvalue weighted by molar-refractivity contribution is 5.96. The molecule has 146 valence electrons. The highest BCUT2D eigenvalue weighted by Gasteiger charge is 2.18. The number of hydrogen-bond donors (Lipinski definition) is 2. The van der Waals surface area contributed by atoms with Gasteiger partial charge in [0.15, 0.2) is 11.4 Å². The van der Waals surface area contributed by atoms with Crippen molar-refractivity contribution in [2.75, 3.05) is 0 Å². The van der Waals surface area contributed by atoms with Gasteiger partial charge >= 0.3 is 0 Å². The van der Waals surface area contributed by atoms with Crippen LogP contribution in [0.2, 0.25) is 0 Å². The molecule has 0 atom stereocenters. The van der Waals surface area contributed by atoms with Gasteiger partial charge in [0.1, 0.15) is 28.2 Å². The third-order valence-corrected chi connectivity index (χ3v) is 4.80. The molecule has 3 N–H and O–H groups in total. The molecule has 30 heavy (non-hydrogen) atoms. The first-order valence-electron chi connectivity index (χ1n) is 9.16. The fraction of sp³-hybridized carbons (Fsp3) is 0.0455. The number of carbonyl (C=O) groups is 1. The number of nitrogens with one attached hydrogen (secondary N) is 1. The number of aromatic amines is 1. The molecule has 0 aliphatic rings. The Bertz CT molecular complexity index is 1520. The van der Waals surface area contributed by atoms with Crippen LogP contribution in [-0.4, -0.2) is 25.8 Å². The maximum Gasteiger partial charge on any atom is 0.262 e. The number of carbonyl (C=O) groups excluding carboxylic acids is 1. The maximum absolute atomic E-state index is 12.2. The second-order valence-corrected chi connectivity index (χ2v) is 6.85. The van der Waals surface area contributed by atoms with E-state index in [0.717, 1.165) is 22.2 Å². The van der Waals surface area contributed by atoms with E-state index in [1.165, 1.54) is 6.07 Å². The Labute approximate surface area is 169 Å². The van der Waals surface area contributed by atoms with E-state index in [2.05, 4.69) is 15.0 Å². The van der Waals surface area contributed by atoms with E-state index in [1.807, 2.05) is 43.3 Å². The molecule has 5 rings (SSSR count). The molecule has 0 spiro atoms. The normalized spacial score (nSPS) is 11.2. The number of primary amides is 1. The van der Waals surface area contributed by atoms with Crippen LogP contribution >= 0.6 is 0 Å². The molecular weight excluding hydrogens is 382 g/mol. The number of furan rings is 1. The summed E-state index contributed by atoms with van der Waals surface area (Å²) in [5, 5.41) is 0.942. The number of H-pyrrole nitrogens is 1. The van der Waals surface area contributed by atoms with E-state index in [-0.39, 0.29) is 11.2 Å². The molecule has 8 heteroatoms. The van der Waals surface area contributed by atoms with E-state index in [1.54, 1.807) is 12.3 Å². The minimum absolute atomic E-state index is 0.174. The first kappa shape index (κ1) is 17.7. The number of hydrogen-bond acceptors (Lipinski definition) is 6. The average Bonchev–Trinajstić information content (AvgIpc) is 3.18. The number of nitrogens with zero attached hydrogens (tertiary/aromatic N) is 3. The number of benzene rings is 1. The van der Waals surface area contributed by atoms with Crippen LogP contribution in [0.4, 0.5) is 0 Å². The minimum Gasteiger partial charge on any atom is -0.460 e. The molecule has 1 amide bonds. The predicted octanol–water partition coefficient (Wildman–Crippen LogP) is 3.20. The second-order valence-electron chi connectivity index (χ2n) is 6.85. The smallest absolute Gasteiger partial charge is 0.262 e. The van der Waals surface area contributed by atoms with Crippen molar-refractivity contribution in [3.63, 3.8) is 0 Å². The van der Waals surface area contributed by atoms with Crippen LogP contribution in [-0.2, 0) is 0 Å². The summed E-state index contributed by atoms with van der Waals surface area (Å²) < 4.78 is 5.78. The van der Waals surface area contributed by atoms with Crippen LogP contribution < -0.4 is 11.3 Å². The third kappa shape index (κ3) is 2.91. The van der Waals surface area contributed by atoms with Crippen molar-refractivity contribution in [3.8, 4) is 22.7 Å². The summed E-state index contributed by atoms with van der Waals surface area (Å²) in [6, 6.07) is 14.5. The van der Waals surface area contributed by atoms with Crippen molar-refractivity contribution >= 4 is 28.0 Å². The Morgan fingerprint density at radius 1 is 1.03 bits per heavy atom. The fourth-order valence-corrected chi connectivity index (χ4v) is 3.36. The zero-order valence-corrected chi connectivity index (χ0v) is 15.8. The lowest BCUT2D eigenvalue weighted by Gasteiger charge is -2.10. The van der Waals surface area contributed by atoms with E-state index < -0.39 is 11.5 Å². The lowest BCUT2D eigenvalue weighted by atomic mass is 10.0. The van der Waals surface area contributed by atoms with Crippen LogP contribution in [0.15, 0.2) is 63.9 Å². The quantitative estimate of drug-likeness (QED) is 0.481. The number of nitrogens with two attached hydrogens (primary N) is 1. The third-order valence-electron chi connectivity index (χ3n) is 4.80. The molecule has 0 unspecified atom stereocenters. The van der Waals surface area contributed by atoms with Crippen LogP contribution in [0.25, 0.3) is 44.8 Å². The number of fused-ring (bicyclic) bond motifs is 2. The van der Waals surface area contributed by atoms with Crippen LogP contribution in [0.1, 0.15) is 16.1 Å². The summed E-state index contributed by atoms with van der Waals surface area (Å²) in [5.74, 6) is 0.408. The van der Waals surface area contributed by atoms with Gasteiger partial charge in [-0.2, -0.15) is 0 Å². The fourth-order valence-electron chi connectivity index (χ4n) is 3.36. The molecule has 0 radical (unpaired) electrons. The standard InChI is InChI=1S/C22H15N5O3/c1-11-4-7-17(30-11)19-18(13-5-6-15-12(9-13)3-2-8-24-15)25-16-10-14(20(23)28)22(29)27-21(16)26-19/h2-10H,1H3,(H2,23,28)(H,26,27,29). The van der Waals surface area contributed by atoms with Gasteiger partial charge in [0.25, 0.3) is 11.5 Å². The van der Waals surface area contributed by atoms with Crippen LogP contribution in [0.3, 0.4) is 0 Å². The first-order valence-corrected chi connectivity index (χ1v) is 9.16. The molecule has 0 saturated heterocycles. The van der Waals surface area contributed by atoms with Crippen molar-refractivity contribution in [2.45, 2.75) is 6.92 Å². The summed E-state index contributed by atoms with van der Waals surface area (Å²) in [7, 11) is 0. The molecule has 0 aliphatic heterocycles. The van der Waals surface area contributed by atoms with Gasteiger partial charge in [0, 0.05) is 17.1 Å². The number of aryl methyl sites for hydroxylation is 1. The van der Waals surface area contributed by atoms with E-state index >= 15 is 0 Å². The van der Waals surface area contributed by atoms with E-state index in [0.29, 0.717) is 22.7 Å². The largest absolute Gasteiger partial charge is 0.460 e. The summed E-state index contributed by atoms with van der Waals surface area (Å²) in [5.41, 5.74) is 7.77. The molecule has 0 bridgehead atoms. The topological polar surface area (TPSA) is 128 Å². The Hall–Kier alpha value is -4.33. The van der Waals surface area contributed by atoms with Gasteiger partial charge < -0.3 is 15.1 Å². The summed E-state index contributed by atoms with van der Waals surface area (Å²) >= 11 is 0. The lowest BCUT2D eigenvalue weighted by molar-refractivity contribution is 0.0999. The predicted molar refractivity (Wildman–Crippen MR) is 112 cm³/mol. The number of pyridine rings is 2. The molecule has 0 saturated carbocycles. The van der Waals surface area contributed by atoms with Crippen molar-refractivity contribution in [3.05, 3.63) is 76.4 Å². The van der Waals surface area contributed by atoms with Crippen LogP contribution in [0, 0.1) is 6.92 Å². The van der Waals surface area contributed by atoms with Gasteiger partial charge in [-0.3, -0.25) is 14.6 Å². The highest BCUT2D eigenvalue weighted by Crippen LogP contribution is 2.32. The zero-order chi connectivity index (χ0) is 20.8. The Balaban J connectivity index is 1.83. The number of amides is 1. The van der Waals surface area contributed by atoms with Gasteiger partial charge in [0.05, 0.1) is 5.52 Å². The molecule has 5 aromatic rings. The molecular formula is C22H15N5O3. The SMILES string of the molecule is Cc1ccc(-c2nc3[nH]c(=O)c(C(N)=O)cc3nc2-c2ccc3ncccc3c2)o1. The summed E-state index contributed by atoms with van der Waals surface area (Å²) in [6.45, 7) is 1.83. The Morgan fingerprint density at radius 2 is 1.90 bits per heavy atom. The number of aromatic nitrogens is 4. The maximum atomic E-state index is 12.2. The minimum atomic E-state index is -0.830. The van der Waals surface area contributed by atoms with Crippen LogP contribution in [0.5, 0.6) is 0 Å². The molecule has 0 fully saturated rings. The van der Waals surface area contributed by atoms with Gasteiger partial charge in [-0.15, -0.1) is 0 Å². The molecule has 8 nitrogen and oxygen atoms in total. The highest BCUT2D eigenvalue weighted by atomic mass is 16.3. The molecule has 0 aliphatic carbocycles. The lowest BCUT2D eigenvalue weighted by Crippen LogP contribution is -2.23. The average molecular weight is 397 g/mol. The monoisotopic (exact) mass is 397 g/mol. The molecule has 4 heterocycles. The summed E-state index contributed by atoms with van der Waals surface area (Å²) in [6.07, 6.45) is 1.73. The zero-order valence-electron chi connectivity index (χ0n) is 15.8. The van der Waals surface area contributed by atoms with Gasteiger partial charge in [-0.05, 0) is 43.3 Å². The van der Waals surface area contributed by atoms with E-state index in [9.17, 15) is 9.59 Å². The Kier molecular flexibility index (Phi) is 3.92. The van der Waals surface area contributed by atoms with Crippen molar-refractivity contribution in [1.29, 1.82) is 0 Å².